The highest BCUT2D eigenvalue weighted by Gasteiger charge is 2.81. The molecular weight excluding hydrogens is 483 g/mol. The topological polar surface area (TPSA) is 27.7 Å². The Morgan fingerprint density at radius 3 is 1.41 bits per heavy atom. The van der Waals surface area contributed by atoms with Crippen molar-refractivity contribution in [3.8, 4) is 0 Å². The van der Waals surface area contributed by atoms with Gasteiger partial charge in [-0.3, -0.25) is 0 Å². The molecule has 12 heteroatoms. The monoisotopic (exact) mass is 520 g/mol. The molecule has 206 valence electrons. The quantitative estimate of drug-likeness (QED) is 0.0973. The molecule has 0 saturated heterocycles. The van der Waals surface area contributed by atoms with Crippen LogP contribution in [0.3, 0.4) is 0 Å². The summed E-state index contributed by atoms with van der Waals surface area (Å²) in [6.45, 7) is 6.67. The molecule has 0 radical (unpaired) electrons. The van der Waals surface area contributed by atoms with E-state index in [2.05, 4.69) is 0 Å². The van der Waals surface area contributed by atoms with Gasteiger partial charge in [0.25, 0.3) is 5.97 Å². The highest BCUT2D eigenvalue weighted by Crippen LogP contribution is 2.54. The Kier molecular flexibility index (Phi) is 13.8. The summed E-state index contributed by atoms with van der Waals surface area (Å²) in [5, 5.41) is 0. The fourth-order valence-corrected chi connectivity index (χ4v) is 3.67. The van der Waals surface area contributed by atoms with Crippen LogP contribution < -0.4 is 0 Å². The number of rotatable bonds is 19. The number of alkyl halides is 9. The second kappa shape index (κ2) is 14.1. The van der Waals surface area contributed by atoms with Gasteiger partial charge in [-0.05, 0) is 33.6 Å². The fraction of sp³-hybridized carbons (Fsp3) is 1.00. The number of hydrogen-bond donors (Lipinski definition) is 0. The largest absolute Gasteiger partial charge is 0.460 e. The number of ether oxygens (including phenoxy) is 3. The minimum Gasteiger partial charge on any atom is -0.328 e. The van der Waals surface area contributed by atoms with Gasteiger partial charge < -0.3 is 14.2 Å². The Balaban J connectivity index is 5.80. The van der Waals surface area contributed by atoms with Crippen LogP contribution in [0.1, 0.15) is 85.5 Å². The van der Waals surface area contributed by atoms with E-state index < -0.39 is 48.7 Å². The van der Waals surface area contributed by atoms with Crippen LogP contribution in [0.4, 0.5) is 39.5 Å². The van der Waals surface area contributed by atoms with Crippen molar-refractivity contribution in [2.75, 3.05) is 19.8 Å². The third-order valence-corrected chi connectivity index (χ3v) is 5.46. The predicted octanol–water partition coefficient (Wildman–Crippen LogP) is 8.36. The van der Waals surface area contributed by atoms with Gasteiger partial charge in [-0.2, -0.15) is 39.5 Å². The molecule has 1 atom stereocenters. The van der Waals surface area contributed by atoms with Crippen molar-refractivity contribution in [2.24, 2.45) is 5.92 Å². The Labute approximate surface area is 195 Å². The number of unbranched alkanes of at least 4 members (excludes halogenated alkanes) is 5. The van der Waals surface area contributed by atoms with Gasteiger partial charge in [-0.25, -0.2) is 0 Å². The molecule has 0 spiro atoms. The normalized spacial score (nSPS) is 15.1. The van der Waals surface area contributed by atoms with Crippen LogP contribution in [0.5, 0.6) is 0 Å². The standard InChI is InChI=1S/C22H37F9O3/c1-5-9-10-11-12-13-14-17(19(32-6-2,33-7-3)34-8-4)15-16-18(23,24)20(25,26)21(27,28)22(29,30)31/h17H,5-16H2,1-4H3. The second-order valence-corrected chi connectivity index (χ2v) is 8.05. The lowest BCUT2D eigenvalue weighted by atomic mass is 9.89. The summed E-state index contributed by atoms with van der Waals surface area (Å²) in [4.78, 5) is 0. The van der Waals surface area contributed by atoms with Crippen LogP contribution in [0.15, 0.2) is 0 Å². The van der Waals surface area contributed by atoms with Crippen LogP contribution in [0, 0.1) is 5.92 Å². The molecule has 0 rings (SSSR count). The Hall–Kier alpha value is -0.750. The lowest BCUT2D eigenvalue weighted by Gasteiger charge is -2.40. The smallest absolute Gasteiger partial charge is 0.328 e. The zero-order valence-corrected chi connectivity index (χ0v) is 20.2. The molecule has 0 bridgehead atoms. The Morgan fingerprint density at radius 2 is 1.00 bits per heavy atom. The summed E-state index contributed by atoms with van der Waals surface area (Å²) in [5.74, 6) is -22.2. The van der Waals surface area contributed by atoms with Crippen molar-refractivity contribution in [1.82, 2.24) is 0 Å². The molecule has 0 aliphatic carbocycles. The van der Waals surface area contributed by atoms with Crippen molar-refractivity contribution in [2.45, 2.75) is 115 Å². The molecule has 0 aromatic carbocycles. The first-order valence-electron chi connectivity index (χ1n) is 11.7. The predicted molar refractivity (Wildman–Crippen MR) is 109 cm³/mol. The molecule has 0 N–H and O–H groups in total. The second-order valence-electron chi connectivity index (χ2n) is 8.05. The van der Waals surface area contributed by atoms with E-state index in [1.807, 2.05) is 6.92 Å². The molecule has 0 aromatic heterocycles. The summed E-state index contributed by atoms with van der Waals surface area (Å²) in [7, 11) is 0. The van der Waals surface area contributed by atoms with E-state index in [0.29, 0.717) is 12.8 Å². The summed E-state index contributed by atoms with van der Waals surface area (Å²) < 4.78 is 136. The van der Waals surface area contributed by atoms with Crippen molar-refractivity contribution >= 4 is 0 Å². The molecule has 34 heavy (non-hydrogen) atoms. The summed E-state index contributed by atoms with van der Waals surface area (Å²) in [5.41, 5.74) is 0. The summed E-state index contributed by atoms with van der Waals surface area (Å²) in [6.07, 6.45) is -4.68. The average Bonchev–Trinajstić information content (AvgIpc) is 2.72. The van der Waals surface area contributed by atoms with Crippen molar-refractivity contribution in [3.63, 3.8) is 0 Å². The molecule has 1 unspecified atom stereocenters. The summed E-state index contributed by atoms with van der Waals surface area (Å²) >= 11 is 0. The maximum atomic E-state index is 14.2. The van der Waals surface area contributed by atoms with Crippen LogP contribution in [-0.4, -0.2) is 49.7 Å². The van der Waals surface area contributed by atoms with Gasteiger partial charge in [-0.15, -0.1) is 0 Å². The van der Waals surface area contributed by atoms with Gasteiger partial charge >= 0.3 is 23.9 Å². The summed E-state index contributed by atoms with van der Waals surface area (Å²) in [6, 6.07) is 0. The van der Waals surface area contributed by atoms with E-state index in [1.165, 1.54) is 0 Å². The molecule has 0 aliphatic rings. The first-order valence-corrected chi connectivity index (χ1v) is 11.7. The Bertz CT molecular complexity index is 537. The number of hydrogen-bond acceptors (Lipinski definition) is 3. The molecule has 0 aliphatic heterocycles. The van der Waals surface area contributed by atoms with Crippen LogP contribution >= 0.6 is 0 Å². The van der Waals surface area contributed by atoms with Crippen molar-refractivity contribution in [1.29, 1.82) is 0 Å². The molecule has 0 saturated carbocycles. The van der Waals surface area contributed by atoms with Gasteiger partial charge in [-0.1, -0.05) is 45.4 Å². The van der Waals surface area contributed by atoms with E-state index in [0.717, 1.165) is 25.7 Å². The maximum Gasteiger partial charge on any atom is 0.460 e. The minimum atomic E-state index is -6.91. The number of halogens is 9. The highest BCUT2D eigenvalue weighted by atomic mass is 19.4. The zero-order valence-electron chi connectivity index (χ0n) is 20.2. The lowest BCUT2D eigenvalue weighted by molar-refractivity contribution is -0.409. The van der Waals surface area contributed by atoms with E-state index in [1.54, 1.807) is 20.8 Å². The van der Waals surface area contributed by atoms with E-state index in [9.17, 15) is 39.5 Å². The van der Waals surface area contributed by atoms with Gasteiger partial charge in [0, 0.05) is 32.2 Å². The fourth-order valence-electron chi connectivity index (χ4n) is 3.67. The van der Waals surface area contributed by atoms with Crippen LogP contribution in [0.25, 0.3) is 0 Å². The highest BCUT2D eigenvalue weighted by molar-refractivity contribution is 5.00. The lowest BCUT2D eigenvalue weighted by Crippen LogP contribution is -2.61. The van der Waals surface area contributed by atoms with Crippen LogP contribution in [-0.2, 0) is 14.2 Å². The maximum absolute atomic E-state index is 14.2. The van der Waals surface area contributed by atoms with E-state index in [4.69, 9.17) is 14.2 Å². The molecule has 0 amide bonds. The van der Waals surface area contributed by atoms with Gasteiger partial charge in [0.15, 0.2) is 0 Å². The van der Waals surface area contributed by atoms with Crippen molar-refractivity contribution in [3.05, 3.63) is 0 Å². The Morgan fingerprint density at radius 1 is 0.559 bits per heavy atom. The minimum absolute atomic E-state index is 0.00824. The van der Waals surface area contributed by atoms with Crippen molar-refractivity contribution < 1.29 is 53.7 Å². The third-order valence-electron chi connectivity index (χ3n) is 5.46. The van der Waals surface area contributed by atoms with E-state index in [-0.39, 0.29) is 26.2 Å². The molecule has 0 aromatic rings. The van der Waals surface area contributed by atoms with Gasteiger partial charge in [0.1, 0.15) is 0 Å². The average molecular weight is 521 g/mol. The zero-order chi connectivity index (χ0) is 26.7. The SMILES string of the molecule is CCCCCCCCC(CCC(F)(F)C(F)(F)C(F)(F)C(F)(F)F)C(OCC)(OCC)OCC. The molecule has 3 nitrogen and oxygen atoms in total. The molecular formula is C22H37F9O3. The van der Waals surface area contributed by atoms with Gasteiger partial charge in [0.05, 0.1) is 0 Å². The molecule has 0 heterocycles. The van der Waals surface area contributed by atoms with Gasteiger partial charge in [0.2, 0.25) is 0 Å². The third kappa shape index (κ3) is 8.43. The molecule has 0 fully saturated rings. The van der Waals surface area contributed by atoms with E-state index >= 15 is 0 Å². The van der Waals surface area contributed by atoms with Crippen LogP contribution in [0.2, 0.25) is 0 Å². The first-order chi connectivity index (χ1) is 15.6. The first kappa shape index (κ1) is 33.2.